The van der Waals surface area contributed by atoms with Crippen LogP contribution in [0.15, 0.2) is 48.5 Å². The monoisotopic (exact) mass is 309 g/mol. The Labute approximate surface area is 135 Å². The van der Waals surface area contributed by atoms with E-state index in [0.717, 1.165) is 22.6 Å². The Hall–Kier alpha value is -2.82. The predicted molar refractivity (Wildman–Crippen MR) is 91.5 cm³/mol. The molecule has 2 amide bonds. The number of nitrogens with one attached hydrogen (secondary N) is 2. The van der Waals surface area contributed by atoms with Crippen LogP contribution >= 0.6 is 0 Å². The summed E-state index contributed by atoms with van der Waals surface area (Å²) in [5.41, 5.74) is 3.73. The molecule has 0 spiro atoms. The third-order valence-electron chi connectivity index (χ3n) is 3.75. The van der Waals surface area contributed by atoms with Crippen LogP contribution in [0.1, 0.15) is 18.9 Å². The Morgan fingerprint density at radius 3 is 2.87 bits per heavy atom. The number of benzene rings is 2. The van der Waals surface area contributed by atoms with Crippen molar-refractivity contribution in [1.82, 2.24) is 0 Å². The number of carbonyl (C=O) groups excluding carboxylic acids is 2. The molecular weight excluding hydrogens is 290 g/mol. The van der Waals surface area contributed by atoms with Crippen LogP contribution in [0.25, 0.3) is 0 Å². The highest BCUT2D eigenvalue weighted by Gasteiger charge is 2.18. The van der Waals surface area contributed by atoms with Gasteiger partial charge in [-0.05, 0) is 29.8 Å². The van der Waals surface area contributed by atoms with Crippen molar-refractivity contribution in [3.63, 3.8) is 0 Å². The molecule has 0 saturated heterocycles. The van der Waals surface area contributed by atoms with E-state index in [-0.39, 0.29) is 11.8 Å². The summed E-state index contributed by atoms with van der Waals surface area (Å²) in [6.07, 6.45) is 0.458. The summed E-state index contributed by atoms with van der Waals surface area (Å²) in [4.78, 5) is 25.2. The summed E-state index contributed by atoms with van der Waals surface area (Å²) in [6, 6.07) is 15.6. The second kappa shape index (κ2) is 6.52. The van der Waals surface area contributed by atoms with E-state index in [1.165, 1.54) is 6.92 Å². The van der Waals surface area contributed by atoms with E-state index in [1.54, 1.807) is 0 Å². The van der Waals surface area contributed by atoms with Gasteiger partial charge in [0.1, 0.15) is 0 Å². The largest absolute Gasteiger partial charge is 0.365 e. The van der Waals surface area contributed by atoms with Crippen molar-refractivity contribution in [3.8, 4) is 0 Å². The van der Waals surface area contributed by atoms with Gasteiger partial charge in [0, 0.05) is 32.1 Å². The van der Waals surface area contributed by atoms with E-state index in [1.807, 2.05) is 48.5 Å². The van der Waals surface area contributed by atoms with Crippen molar-refractivity contribution >= 4 is 28.9 Å². The molecule has 5 heteroatoms. The van der Waals surface area contributed by atoms with Crippen molar-refractivity contribution in [1.29, 1.82) is 0 Å². The van der Waals surface area contributed by atoms with Crippen LogP contribution in [0.3, 0.4) is 0 Å². The SMILES string of the molecule is CC(=O)Nc1cccc(CN2CCC(=O)Nc3ccccc32)c1. The number of rotatable bonds is 3. The Bertz CT molecular complexity index is 743. The first-order valence-corrected chi connectivity index (χ1v) is 7.62. The first-order valence-electron chi connectivity index (χ1n) is 7.62. The second-order valence-electron chi connectivity index (χ2n) is 5.62. The van der Waals surface area contributed by atoms with E-state index >= 15 is 0 Å². The Morgan fingerprint density at radius 1 is 1.22 bits per heavy atom. The molecule has 5 nitrogen and oxygen atoms in total. The Balaban J connectivity index is 1.85. The number of para-hydroxylation sites is 2. The molecule has 1 aliphatic rings. The van der Waals surface area contributed by atoms with Crippen LogP contribution in [-0.4, -0.2) is 18.4 Å². The zero-order valence-electron chi connectivity index (χ0n) is 13.0. The Morgan fingerprint density at radius 2 is 2.04 bits per heavy atom. The third-order valence-corrected chi connectivity index (χ3v) is 3.75. The molecule has 1 heterocycles. The van der Waals surface area contributed by atoms with Crippen molar-refractivity contribution < 1.29 is 9.59 Å². The highest BCUT2D eigenvalue weighted by Crippen LogP contribution is 2.29. The average Bonchev–Trinajstić information content (AvgIpc) is 2.66. The highest BCUT2D eigenvalue weighted by atomic mass is 16.2. The van der Waals surface area contributed by atoms with E-state index in [9.17, 15) is 9.59 Å². The molecule has 0 aromatic heterocycles. The summed E-state index contributed by atoms with van der Waals surface area (Å²) in [5.74, 6) is -0.0518. The van der Waals surface area contributed by atoms with E-state index in [0.29, 0.717) is 19.5 Å². The minimum absolute atomic E-state index is 0.0342. The molecule has 0 unspecified atom stereocenters. The van der Waals surface area contributed by atoms with Crippen LogP contribution in [-0.2, 0) is 16.1 Å². The molecule has 23 heavy (non-hydrogen) atoms. The van der Waals surface area contributed by atoms with Gasteiger partial charge >= 0.3 is 0 Å². The first-order chi connectivity index (χ1) is 11.1. The minimum Gasteiger partial charge on any atom is -0.365 e. The van der Waals surface area contributed by atoms with Gasteiger partial charge in [-0.1, -0.05) is 24.3 Å². The summed E-state index contributed by atoms with van der Waals surface area (Å²) < 4.78 is 0. The van der Waals surface area contributed by atoms with Crippen molar-refractivity contribution in [2.45, 2.75) is 19.9 Å². The predicted octanol–water partition coefficient (Wildman–Crippen LogP) is 2.99. The number of hydrogen-bond acceptors (Lipinski definition) is 3. The van der Waals surface area contributed by atoms with Crippen LogP contribution < -0.4 is 15.5 Å². The van der Waals surface area contributed by atoms with Crippen LogP contribution in [0, 0.1) is 0 Å². The molecule has 0 atom stereocenters. The van der Waals surface area contributed by atoms with Crippen molar-refractivity contribution in [2.75, 3.05) is 22.1 Å². The maximum absolute atomic E-state index is 11.8. The van der Waals surface area contributed by atoms with Gasteiger partial charge in [-0.3, -0.25) is 9.59 Å². The molecule has 118 valence electrons. The molecular formula is C18H19N3O2. The van der Waals surface area contributed by atoms with Gasteiger partial charge in [-0.25, -0.2) is 0 Å². The highest BCUT2D eigenvalue weighted by molar-refractivity contribution is 5.96. The summed E-state index contributed by atoms with van der Waals surface area (Å²) in [7, 11) is 0. The normalized spacial score (nSPS) is 13.8. The number of nitrogens with zero attached hydrogens (tertiary/aromatic N) is 1. The van der Waals surface area contributed by atoms with Crippen molar-refractivity contribution in [2.24, 2.45) is 0 Å². The number of hydrogen-bond donors (Lipinski definition) is 2. The standard InChI is InChI=1S/C18H19N3O2/c1-13(22)19-15-6-4-5-14(11-15)12-21-10-9-18(23)20-16-7-2-3-8-17(16)21/h2-8,11H,9-10,12H2,1H3,(H,19,22)(H,20,23). The molecule has 0 bridgehead atoms. The van der Waals surface area contributed by atoms with Gasteiger partial charge in [0.2, 0.25) is 11.8 Å². The topological polar surface area (TPSA) is 61.4 Å². The zero-order valence-corrected chi connectivity index (χ0v) is 13.0. The molecule has 2 aromatic rings. The van der Waals surface area contributed by atoms with Crippen molar-refractivity contribution in [3.05, 3.63) is 54.1 Å². The molecule has 0 saturated carbocycles. The zero-order chi connectivity index (χ0) is 16.2. The lowest BCUT2D eigenvalue weighted by atomic mass is 10.1. The van der Waals surface area contributed by atoms with Gasteiger partial charge in [0.05, 0.1) is 11.4 Å². The molecule has 0 aliphatic carbocycles. The van der Waals surface area contributed by atoms with E-state index in [2.05, 4.69) is 15.5 Å². The maximum Gasteiger partial charge on any atom is 0.226 e. The first kappa shape index (κ1) is 15.1. The molecule has 0 radical (unpaired) electrons. The third kappa shape index (κ3) is 3.69. The Kier molecular flexibility index (Phi) is 4.28. The maximum atomic E-state index is 11.8. The van der Waals surface area contributed by atoms with E-state index < -0.39 is 0 Å². The fourth-order valence-electron chi connectivity index (χ4n) is 2.76. The number of anilines is 3. The molecule has 2 N–H and O–H groups in total. The molecule has 0 fully saturated rings. The van der Waals surface area contributed by atoms with Crippen LogP contribution in [0.5, 0.6) is 0 Å². The molecule has 2 aromatic carbocycles. The van der Waals surface area contributed by atoms with Crippen LogP contribution in [0.2, 0.25) is 0 Å². The fourth-order valence-corrected chi connectivity index (χ4v) is 2.76. The number of fused-ring (bicyclic) bond motifs is 1. The number of amides is 2. The van der Waals surface area contributed by atoms with Gasteiger partial charge < -0.3 is 15.5 Å². The lowest BCUT2D eigenvalue weighted by Gasteiger charge is -2.24. The van der Waals surface area contributed by atoms with Gasteiger partial charge in [-0.2, -0.15) is 0 Å². The second-order valence-corrected chi connectivity index (χ2v) is 5.62. The lowest BCUT2D eigenvalue weighted by molar-refractivity contribution is -0.116. The summed E-state index contributed by atoms with van der Waals surface area (Å²) in [5, 5.41) is 5.74. The van der Waals surface area contributed by atoms with Crippen LogP contribution in [0.4, 0.5) is 17.1 Å². The van der Waals surface area contributed by atoms with Gasteiger partial charge in [0.25, 0.3) is 0 Å². The minimum atomic E-state index is -0.0861. The summed E-state index contributed by atoms with van der Waals surface area (Å²) in [6.45, 7) is 2.83. The molecule has 3 rings (SSSR count). The average molecular weight is 309 g/mol. The fraction of sp³-hybridized carbons (Fsp3) is 0.222. The number of carbonyl (C=O) groups is 2. The smallest absolute Gasteiger partial charge is 0.226 e. The molecule has 1 aliphatic heterocycles. The lowest BCUT2D eigenvalue weighted by Crippen LogP contribution is -2.24. The summed E-state index contributed by atoms with van der Waals surface area (Å²) >= 11 is 0. The van der Waals surface area contributed by atoms with Gasteiger partial charge in [-0.15, -0.1) is 0 Å². The van der Waals surface area contributed by atoms with Gasteiger partial charge in [0.15, 0.2) is 0 Å². The van der Waals surface area contributed by atoms with E-state index in [4.69, 9.17) is 0 Å². The quantitative estimate of drug-likeness (QED) is 0.916.